The third-order valence-corrected chi connectivity index (χ3v) is 3.58. The van der Waals surface area contributed by atoms with Crippen LogP contribution in [0.5, 0.6) is 0 Å². The Bertz CT molecular complexity index is 731. The maximum absolute atomic E-state index is 12.2. The van der Waals surface area contributed by atoms with Gasteiger partial charge in [0.1, 0.15) is 0 Å². The molecule has 2 rings (SSSR count). The fraction of sp³-hybridized carbons (Fsp3) is 0.0714. The Hall–Kier alpha value is -2.41. The molecule has 1 amide bonds. The Balaban J connectivity index is 2.26. The standard InChI is InChI=1S/C14H12BrN3O3/c1-8-6-10(3-5-13(8)18(20)21)17-14(19)11-7-9(16)2-4-12(11)15/h2-7H,16H2,1H3,(H,17,19). The van der Waals surface area contributed by atoms with Crippen LogP contribution < -0.4 is 11.1 Å². The Labute approximate surface area is 129 Å². The van der Waals surface area contributed by atoms with Crippen molar-refractivity contribution < 1.29 is 9.72 Å². The fourth-order valence-electron chi connectivity index (χ4n) is 1.85. The predicted octanol–water partition coefficient (Wildman–Crippen LogP) is 3.50. The van der Waals surface area contributed by atoms with Crippen molar-refractivity contribution in [2.75, 3.05) is 11.1 Å². The first-order valence-electron chi connectivity index (χ1n) is 6.00. The summed E-state index contributed by atoms with van der Waals surface area (Å²) in [7, 11) is 0. The van der Waals surface area contributed by atoms with E-state index >= 15 is 0 Å². The van der Waals surface area contributed by atoms with Crippen LogP contribution in [-0.2, 0) is 0 Å². The fourth-order valence-corrected chi connectivity index (χ4v) is 2.28. The van der Waals surface area contributed by atoms with Gasteiger partial charge in [0.25, 0.3) is 11.6 Å². The van der Waals surface area contributed by atoms with Gasteiger partial charge in [-0.1, -0.05) is 0 Å². The molecule has 0 radical (unpaired) electrons. The molecule has 21 heavy (non-hydrogen) atoms. The van der Waals surface area contributed by atoms with E-state index in [1.54, 1.807) is 31.2 Å². The number of nitro benzene ring substituents is 1. The molecular formula is C14H12BrN3O3. The minimum atomic E-state index is -0.463. The van der Waals surface area contributed by atoms with E-state index in [0.29, 0.717) is 27.0 Å². The highest BCUT2D eigenvalue weighted by Gasteiger charge is 2.14. The molecule has 0 spiro atoms. The third-order valence-electron chi connectivity index (χ3n) is 2.89. The number of halogens is 1. The van der Waals surface area contributed by atoms with Crippen molar-refractivity contribution in [1.82, 2.24) is 0 Å². The summed E-state index contributed by atoms with van der Waals surface area (Å²) in [6, 6.07) is 9.32. The van der Waals surface area contributed by atoms with Crippen molar-refractivity contribution in [3.8, 4) is 0 Å². The zero-order valence-corrected chi connectivity index (χ0v) is 12.7. The lowest BCUT2D eigenvalue weighted by Gasteiger charge is -2.08. The normalized spacial score (nSPS) is 10.2. The van der Waals surface area contributed by atoms with Gasteiger partial charge in [-0.2, -0.15) is 0 Å². The van der Waals surface area contributed by atoms with E-state index in [4.69, 9.17) is 5.73 Å². The van der Waals surface area contributed by atoms with Crippen LogP contribution in [0, 0.1) is 17.0 Å². The smallest absolute Gasteiger partial charge is 0.272 e. The van der Waals surface area contributed by atoms with E-state index in [2.05, 4.69) is 21.2 Å². The number of nitrogens with two attached hydrogens (primary N) is 1. The molecule has 2 aromatic carbocycles. The molecule has 3 N–H and O–H groups in total. The van der Waals surface area contributed by atoms with Gasteiger partial charge < -0.3 is 11.1 Å². The van der Waals surface area contributed by atoms with Crippen LogP contribution in [0.4, 0.5) is 17.1 Å². The highest BCUT2D eigenvalue weighted by molar-refractivity contribution is 9.10. The number of aryl methyl sites for hydroxylation is 1. The number of rotatable bonds is 3. The Morgan fingerprint density at radius 1 is 1.29 bits per heavy atom. The third kappa shape index (κ3) is 3.38. The molecular weight excluding hydrogens is 338 g/mol. The topological polar surface area (TPSA) is 98.3 Å². The van der Waals surface area contributed by atoms with Crippen molar-refractivity contribution >= 4 is 38.9 Å². The number of nitrogens with one attached hydrogen (secondary N) is 1. The number of carbonyl (C=O) groups excluding carboxylic acids is 1. The monoisotopic (exact) mass is 349 g/mol. The molecule has 0 unspecified atom stereocenters. The zero-order chi connectivity index (χ0) is 15.6. The zero-order valence-electron chi connectivity index (χ0n) is 11.1. The van der Waals surface area contributed by atoms with Gasteiger partial charge in [0.2, 0.25) is 0 Å². The first-order chi connectivity index (χ1) is 9.88. The number of nitrogen functional groups attached to an aromatic ring is 1. The summed E-state index contributed by atoms with van der Waals surface area (Å²) < 4.78 is 0.618. The minimum Gasteiger partial charge on any atom is -0.399 e. The van der Waals surface area contributed by atoms with E-state index < -0.39 is 4.92 Å². The van der Waals surface area contributed by atoms with Crippen LogP contribution in [0.3, 0.4) is 0 Å². The van der Waals surface area contributed by atoms with E-state index in [1.165, 1.54) is 12.1 Å². The minimum absolute atomic E-state index is 0.0122. The van der Waals surface area contributed by atoms with Crippen molar-refractivity contribution in [2.24, 2.45) is 0 Å². The van der Waals surface area contributed by atoms with Crippen molar-refractivity contribution in [3.63, 3.8) is 0 Å². The van der Waals surface area contributed by atoms with Gasteiger partial charge in [-0.05, 0) is 53.2 Å². The predicted molar refractivity (Wildman–Crippen MR) is 84.3 cm³/mol. The van der Waals surface area contributed by atoms with E-state index in [9.17, 15) is 14.9 Å². The van der Waals surface area contributed by atoms with Gasteiger partial charge in [-0.25, -0.2) is 0 Å². The highest BCUT2D eigenvalue weighted by Crippen LogP contribution is 2.24. The number of hydrogen-bond donors (Lipinski definition) is 2. The Morgan fingerprint density at radius 3 is 2.62 bits per heavy atom. The number of carbonyl (C=O) groups is 1. The number of hydrogen-bond acceptors (Lipinski definition) is 4. The molecule has 108 valence electrons. The molecule has 6 nitrogen and oxygen atoms in total. The second-order valence-electron chi connectivity index (χ2n) is 4.45. The van der Waals surface area contributed by atoms with E-state index in [-0.39, 0.29) is 11.6 Å². The highest BCUT2D eigenvalue weighted by atomic mass is 79.9. The summed E-state index contributed by atoms with van der Waals surface area (Å²) in [6.07, 6.45) is 0. The molecule has 0 aliphatic carbocycles. The molecule has 7 heteroatoms. The van der Waals surface area contributed by atoms with Gasteiger partial charge in [0.15, 0.2) is 0 Å². The van der Waals surface area contributed by atoms with Gasteiger partial charge in [-0.3, -0.25) is 14.9 Å². The molecule has 2 aromatic rings. The molecule has 0 fully saturated rings. The number of benzene rings is 2. The summed E-state index contributed by atoms with van der Waals surface area (Å²) in [5.74, 6) is -0.345. The largest absolute Gasteiger partial charge is 0.399 e. The maximum Gasteiger partial charge on any atom is 0.272 e. The van der Waals surface area contributed by atoms with Crippen molar-refractivity contribution in [3.05, 3.63) is 62.1 Å². The summed E-state index contributed by atoms with van der Waals surface area (Å²) in [6.45, 7) is 1.62. The lowest BCUT2D eigenvalue weighted by atomic mass is 10.1. The average molecular weight is 350 g/mol. The summed E-state index contributed by atoms with van der Waals surface area (Å²) >= 11 is 3.28. The number of amides is 1. The molecule has 0 heterocycles. The summed E-state index contributed by atoms with van der Waals surface area (Å²) in [5.41, 5.74) is 7.50. The summed E-state index contributed by atoms with van der Waals surface area (Å²) in [4.78, 5) is 22.5. The maximum atomic E-state index is 12.2. The van der Waals surface area contributed by atoms with E-state index in [0.717, 1.165) is 0 Å². The van der Waals surface area contributed by atoms with Crippen molar-refractivity contribution in [2.45, 2.75) is 6.92 Å². The average Bonchev–Trinajstić information content (AvgIpc) is 2.41. The second kappa shape index (κ2) is 5.92. The molecule has 0 aliphatic rings. The number of nitrogens with zero attached hydrogens (tertiary/aromatic N) is 1. The lowest BCUT2D eigenvalue weighted by Crippen LogP contribution is -2.13. The molecule has 0 aromatic heterocycles. The number of nitro groups is 1. The SMILES string of the molecule is Cc1cc(NC(=O)c2cc(N)ccc2Br)ccc1[N+](=O)[O-]. The first kappa shape index (κ1) is 15.0. The van der Waals surface area contributed by atoms with Crippen LogP contribution in [0.25, 0.3) is 0 Å². The van der Waals surface area contributed by atoms with E-state index in [1.807, 2.05) is 0 Å². The molecule has 0 saturated carbocycles. The number of anilines is 2. The Morgan fingerprint density at radius 2 is 2.00 bits per heavy atom. The molecule has 0 bridgehead atoms. The van der Waals surface area contributed by atoms with Gasteiger partial charge >= 0.3 is 0 Å². The molecule has 0 atom stereocenters. The van der Waals surface area contributed by atoms with Crippen LogP contribution in [0.2, 0.25) is 0 Å². The Kier molecular flexibility index (Phi) is 4.23. The molecule has 0 saturated heterocycles. The van der Waals surface area contributed by atoms with Gasteiger partial charge in [0, 0.05) is 27.5 Å². The lowest BCUT2D eigenvalue weighted by molar-refractivity contribution is -0.385. The second-order valence-corrected chi connectivity index (χ2v) is 5.31. The molecule has 0 aliphatic heterocycles. The van der Waals surface area contributed by atoms with Crippen LogP contribution in [-0.4, -0.2) is 10.8 Å². The van der Waals surface area contributed by atoms with Crippen LogP contribution in [0.1, 0.15) is 15.9 Å². The summed E-state index contributed by atoms with van der Waals surface area (Å²) in [5, 5.41) is 13.4. The van der Waals surface area contributed by atoms with Gasteiger partial charge in [-0.15, -0.1) is 0 Å². The van der Waals surface area contributed by atoms with Crippen LogP contribution >= 0.6 is 15.9 Å². The van der Waals surface area contributed by atoms with Crippen LogP contribution in [0.15, 0.2) is 40.9 Å². The quantitative estimate of drug-likeness (QED) is 0.503. The van der Waals surface area contributed by atoms with Crippen molar-refractivity contribution in [1.29, 1.82) is 0 Å². The van der Waals surface area contributed by atoms with Gasteiger partial charge in [0.05, 0.1) is 10.5 Å². The first-order valence-corrected chi connectivity index (χ1v) is 6.79.